The Hall–Kier alpha value is -2.11. The molecule has 106 valence electrons. The van der Waals surface area contributed by atoms with Crippen molar-refractivity contribution < 1.29 is 14.5 Å². The number of hydrogen-bond acceptors (Lipinski definition) is 4. The zero-order valence-corrected chi connectivity index (χ0v) is 11.2. The summed E-state index contributed by atoms with van der Waals surface area (Å²) < 4.78 is 5.68. The van der Waals surface area contributed by atoms with E-state index in [0.29, 0.717) is 24.8 Å². The fraction of sp³-hybridized carbons (Fsp3) is 0.500. The van der Waals surface area contributed by atoms with Crippen molar-refractivity contribution in [3.63, 3.8) is 0 Å². The van der Waals surface area contributed by atoms with Gasteiger partial charge in [0, 0.05) is 18.1 Å². The van der Waals surface area contributed by atoms with Crippen LogP contribution in [0.1, 0.15) is 13.3 Å². The minimum absolute atomic E-state index is 0.00513. The molecule has 6 nitrogen and oxygen atoms in total. The second-order valence-electron chi connectivity index (χ2n) is 5.55. The molecule has 1 heterocycles. The molecule has 1 aliphatic heterocycles. The standard InChI is InChI=1S/C14H16N2O4/c1-9-6-13(9)14(17)15-7-12(8-15)20-11-4-2-10(3-5-11)16(18)19/h2-5,9,12-13H,6-8H2,1H3/t9-,13+/m1/s1. The third-order valence-corrected chi connectivity index (χ3v) is 3.94. The Bertz CT molecular complexity index is 537. The summed E-state index contributed by atoms with van der Waals surface area (Å²) in [6, 6.07) is 6.02. The molecule has 1 aromatic rings. The van der Waals surface area contributed by atoms with Gasteiger partial charge in [0.1, 0.15) is 11.9 Å². The number of carbonyl (C=O) groups is 1. The van der Waals surface area contributed by atoms with Crippen molar-refractivity contribution in [2.45, 2.75) is 19.4 Å². The third-order valence-electron chi connectivity index (χ3n) is 3.94. The summed E-state index contributed by atoms with van der Waals surface area (Å²) in [6.45, 7) is 3.31. The molecule has 1 aromatic carbocycles. The topological polar surface area (TPSA) is 72.7 Å². The average molecular weight is 276 g/mol. The molecule has 0 radical (unpaired) electrons. The Labute approximate surface area is 116 Å². The van der Waals surface area contributed by atoms with Crippen LogP contribution in [-0.2, 0) is 4.79 Å². The number of ether oxygens (including phenoxy) is 1. The first kappa shape index (κ1) is 12.9. The average Bonchev–Trinajstić information content (AvgIpc) is 3.10. The monoisotopic (exact) mass is 276 g/mol. The second kappa shape index (κ2) is 4.77. The number of nitro benzene ring substituents is 1. The van der Waals surface area contributed by atoms with Crippen molar-refractivity contribution in [1.82, 2.24) is 4.90 Å². The lowest BCUT2D eigenvalue weighted by molar-refractivity contribution is -0.384. The second-order valence-corrected chi connectivity index (χ2v) is 5.55. The number of non-ortho nitro benzene ring substituents is 1. The van der Waals surface area contributed by atoms with Crippen LogP contribution >= 0.6 is 0 Å². The van der Waals surface area contributed by atoms with Crippen LogP contribution in [0.4, 0.5) is 5.69 Å². The largest absolute Gasteiger partial charge is 0.487 e. The maximum absolute atomic E-state index is 11.9. The van der Waals surface area contributed by atoms with Crippen molar-refractivity contribution in [3.05, 3.63) is 34.4 Å². The normalized spacial score (nSPS) is 24.9. The van der Waals surface area contributed by atoms with E-state index >= 15 is 0 Å². The number of likely N-dealkylation sites (tertiary alicyclic amines) is 1. The quantitative estimate of drug-likeness (QED) is 0.621. The van der Waals surface area contributed by atoms with E-state index in [4.69, 9.17) is 4.74 Å². The van der Waals surface area contributed by atoms with E-state index in [0.717, 1.165) is 6.42 Å². The molecular formula is C14H16N2O4. The Morgan fingerprint density at radius 3 is 2.45 bits per heavy atom. The van der Waals surface area contributed by atoms with Gasteiger partial charge in [-0.25, -0.2) is 0 Å². The first-order valence-electron chi connectivity index (χ1n) is 6.74. The third kappa shape index (κ3) is 2.45. The van der Waals surface area contributed by atoms with Crippen molar-refractivity contribution in [3.8, 4) is 5.75 Å². The summed E-state index contributed by atoms with van der Waals surface area (Å²) in [5, 5.41) is 10.5. The number of hydrogen-bond donors (Lipinski definition) is 0. The van der Waals surface area contributed by atoms with Crippen LogP contribution in [-0.4, -0.2) is 34.9 Å². The van der Waals surface area contributed by atoms with Crippen LogP contribution in [0.3, 0.4) is 0 Å². The maximum atomic E-state index is 11.9. The maximum Gasteiger partial charge on any atom is 0.269 e. The molecule has 3 rings (SSSR count). The predicted molar refractivity (Wildman–Crippen MR) is 71.4 cm³/mol. The fourth-order valence-corrected chi connectivity index (χ4v) is 2.43. The van der Waals surface area contributed by atoms with Crippen LogP contribution in [0, 0.1) is 22.0 Å². The molecule has 0 unspecified atom stereocenters. The van der Waals surface area contributed by atoms with Crippen molar-refractivity contribution in [2.75, 3.05) is 13.1 Å². The zero-order chi connectivity index (χ0) is 14.3. The van der Waals surface area contributed by atoms with Gasteiger partial charge in [0.05, 0.1) is 18.0 Å². The van der Waals surface area contributed by atoms with Crippen molar-refractivity contribution in [1.29, 1.82) is 0 Å². The van der Waals surface area contributed by atoms with E-state index in [1.54, 1.807) is 12.1 Å². The zero-order valence-electron chi connectivity index (χ0n) is 11.2. The molecule has 0 aromatic heterocycles. The van der Waals surface area contributed by atoms with Crippen molar-refractivity contribution in [2.24, 2.45) is 11.8 Å². The van der Waals surface area contributed by atoms with Gasteiger partial charge in [-0.15, -0.1) is 0 Å². The lowest BCUT2D eigenvalue weighted by atomic mass is 10.1. The molecule has 1 saturated carbocycles. The highest BCUT2D eigenvalue weighted by Gasteiger charge is 2.45. The highest BCUT2D eigenvalue weighted by Crippen LogP contribution is 2.40. The molecule has 0 bridgehead atoms. The van der Waals surface area contributed by atoms with E-state index in [1.807, 2.05) is 4.90 Å². The Morgan fingerprint density at radius 1 is 1.35 bits per heavy atom. The Balaban J connectivity index is 1.48. The van der Waals surface area contributed by atoms with Crippen LogP contribution in [0.15, 0.2) is 24.3 Å². The summed E-state index contributed by atoms with van der Waals surface area (Å²) in [4.78, 5) is 23.8. The van der Waals surface area contributed by atoms with Crippen LogP contribution < -0.4 is 4.74 Å². The van der Waals surface area contributed by atoms with Gasteiger partial charge < -0.3 is 9.64 Å². The molecule has 20 heavy (non-hydrogen) atoms. The fourth-order valence-electron chi connectivity index (χ4n) is 2.43. The van der Waals surface area contributed by atoms with E-state index in [2.05, 4.69) is 6.92 Å². The predicted octanol–water partition coefficient (Wildman–Crippen LogP) is 1.84. The van der Waals surface area contributed by atoms with E-state index < -0.39 is 4.92 Å². The van der Waals surface area contributed by atoms with Crippen LogP contribution in [0.5, 0.6) is 5.75 Å². The first-order chi connectivity index (χ1) is 9.54. The van der Waals surface area contributed by atoms with Crippen molar-refractivity contribution >= 4 is 11.6 Å². The number of carbonyl (C=O) groups excluding carboxylic acids is 1. The van der Waals surface area contributed by atoms with Crippen LogP contribution in [0.2, 0.25) is 0 Å². The highest BCUT2D eigenvalue weighted by molar-refractivity contribution is 5.82. The molecule has 2 atom stereocenters. The Kier molecular flexibility index (Phi) is 3.08. The number of nitrogens with zero attached hydrogens (tertiary/aromatic N) is 2. The van der Waals surface area contributed by atoms with Gasteiger partial charge in [0.2, 0.25) is 5.91 Å². The molecule has 1 saturated heterocycles. The SMILES string of the molecule is C[C@@H]1C[C@@H]1C(=O)N1CC(Oc2ccc([N+](=O)[O-])cc2)C1. The number of amides is 1. The van der Waals surface area contributed by atoms with Gasteiger partial charge >= 0.3 is 0 Å². The lowest BCUT2D eigenvalue weighted by Crippen LogP contribution is -2.56. The summed E-state index contributed by atoms with van der Waals surface area (Å²) in [6.07, 6.45) is 0.998. The summed E-state index contributed by atoms with van der Waals surface area (Å²) in [7, 11) is 0. The van der Waals surface area contributed by atoms with Crippen LogP contribution in [0.25, 0.3) is 0 Å². The van der Waals surface area contributed by atoms with E-state index in [-0.39, 0.29) is 23.6 Å². The molecule has 2 fully saturated rings. The van der Waals surface area contributed by atoms with Gasteiger partial charge in [-0.05, 0) is 24.5 Å². The van der Waals surface area contributed by atoms with Gasteiger partial charge in [0.15, 0.2) is 0 Å². The molecule has 0 spiro atoms. The smallest absolute Gasteiger partial charge is 0.269 e. The molecule has 0 N–H and O–H groups in total. The summed E-state index contributed by atoms with van der Waals surface area (Å²) >= 11 is 0. The molecule has 1 amide bonds. The number of rotatable bonds is 4. The summed E-state index contributed by atoms with van der Waals surface area (Å²) in [5.41, 5.74) is 0.0467. The minimum Gasteiger partial charge on any atom is -0.487 e. The van der Waals surface area contributed by atoms with Gasteiger partial charge in [-0.3, -0.25) is 14.9 Å². The molecular weight excluding hydrogens is 260 g/mol. The number of nitro groups is 1. The highest BCUT2D eigenvalue weighted by atomic mass is 16.6. The first-order valence-corrected chi connectivity index (χ1v) is 6.74. The Morgan fingerprint density at radius 2 is 1.95 bits per heavy atom. The number of benzene rings is 1. The summed E-state index contributed by atoms with van der Waals surface area (Å²) in [5.74, 6) is 1.58. The molecule has 1 aliphatic carbocycles. The van der Waals surface area contributed by atoms with Gasteiger partial charge in [0.25, 0.3) is 5.69 Å². The minimum atomic E-state index is -0.440. The lowest BCUT2D eigenvalue weighted by Gasteiger charge is -2.39. The van der Waals surface area contributed by atoms with E-state index in [9.17, 15) is 14.9 Å². The van der Waals surface area contributed by atoms with E-state index in [1.165, 1.54) is 12.1 Å². The van der Waals surface area contributed by atoms with Gasteiger partial charge in [-0.2, -0.15) is 0 Å². The molecule has 2 aliphatic rings. The molecule has 6 heteroatoms. The van der Waals surface area contributed by atoms with Gasteiger partial charge in [-0.1, -0.05) is 6.92 Å².